The highest BCUT2D eigenvalue weighted by molar-refractivity contribution is 7.09. The lowest BCUT2D eigenvalue weighted by molar-refractivity contribution is 0.266. The number of thiazole rings is 1. The third-order valence-corrected chi connectivity index (χ3v) is 3.15. The summed E-state index contributed by atoms with van der Waals surface area (Å²) in [6.45, 7) is 0.389. The van der Waals surface area contributed by atoms with E-state index in [1.54, 1.807) is 39.7 Å². The molecule has 0 N–H and O–H groups in total. The van der Waals surface area contributed by atoms with E-state index in [2.05, 4.69) is 10.5 Å². The van der Waals surface area contributed by atoms with E-state index in [1.165, 1.54) is 11.3 Å². The highest BCUT2D eigenvalue weighted by atomic mass is 32.1. The molecule has 0 aliphatic heterocycles. The van der Waals surface area contributed by atoms with Gasteiger partial charge in [0.2, 0.25) is 5.75 Å². The zero-order chi connectivity index (χ0) is 13.7. The zero-order valence-corrected chi connectivity index (χ0v) is 11.7. The minimum absolute atomic E-state index is 0.389. The summed E-state index contributed by atoms with van der Waals surface area (Å²) in [7, 11) is 4.73. The Kier molecular flexibility index (Phi) is 4.46. The average Bonchev–Trinajstić information content (AvgIpc) is 2.97. The number of hydrogen-bond acceptors (Lipinski definition) is 6. The first-order valence-electron chi connectivity index (χ1n) is 5.52. The van der Waals surface area contributed by atoms with Crippen LogP contribution in [0, 0.1) is 5.51 Å². The van der Waals surface area contributed by atoms with Crippen molar-refractivity contribution in [2.75, 3.05) is 21.3 Å². The summed E-state index contributed by atoms with van der Waals surface area (Å²) in [5.74, 6) is 2.31. The molecule has 1 aromatic heterocycles. The molecular weight excluding hydrogens is 266 g/mol. The maximum Gasteiger partial charge on any atom is 0.204 e. The Hall–Kier alpha value is -1.95. The molecule has 0 fully saturated rings. The van der Waals surface area contributed by atoms with Crippen molar-refractivity contribution in [3.05, 3.63) is 28.7 Å². The molecule has 0 amide bonds. The van der Waals surface area contributed by atoms with E-state index >= 15 is 0 Å². The average molecular weight is 280 g/mol. The van der Waals surface area contributed by atoms with E-state index < -0.39 is 0 Å². The molecule has 1 radical (unpaired) electrons. The van der Waals surface area contributed by atoms with Crippen molar-refractivity contribution in [3.63, 3.8) is 0 Å². The summed E-state index contributed by atoms with van der Waals surface area (Å²) >= 11 is 1.41. The Labute approximate surface area is 115 Å². The molecule has 0 aliphatic carbocycles. The van der Waals surface area contributed by atoms with Gasteiger partial charge in [0.15, 0.2) is 17.0 Å². The maximum atomic E-state index is 5.74. The van der Waals surface area contributed by atoms with Crippen LogP contribution in [-0.2, 0) is 6.61 Å². The molecule has 1 heterocycles. The summed E-state index contributed by atoms with van der Waals surface area (Å²) in [5.41, 5.74) is 2.77. The molecule has 0 atom stereocenters. The maximum absolute atomic E-state index is 5.74. The molecule has 2 aromatic rings. The minimum Gasteiger partial charge on any atom is -0.496 e. The lowest BCUT2D eigenvalue weighted by Crippen LogP contribution is -1.99. The molecule has 0 bridgehead atoms. The fraction of sp³-hybridized carbons (Fsp3) is 0.308. The third kappa shape index (κ3) is 3.08. The van der Waals surface area contributed by atoms with Crippen LogP contribution in [0.1, 0.15) is 4.88 Å². The number of hydrogen-bond donors (Lipinski definition) is 0. The molecule has 2 rings (SSSR count). The minimum atomic E-state index is 0.389. The van der Waals surface area contributed by atoms with Gasteiger partial charge in [-0.25, -0.2) is 4.98 Å². The largest absolute Gasteiger partial charge is 0.496 e. The first-order valence-corrected chi connectivity index (χ1v) is 6.33. The number of methoxy groups -OCH3 is 3. The van der Waals surface area contributed by atoms with E-state index in [0.717, 1.165) is 4.88 Å². The molecule has 0 aliphatic rings. The summed E-state index contributed by atoms with van der Waals surface area (Å²) in [5, 5.41) is 0. The topological polar surface area (TPSA) is 49.8 Å². The number of rotatable bonds is 6. The van der Waals surface area contributed by atoms with Gasteiger partial charge in [0, 0.05) is 18.3 Å². The molecule has 0 saturated heterocycles. The van der Waals surface area contributed by atoms with Gasteiger partial charge in [0.1, 0.15) is 12.4 Å². The molecule has 19 heavy (non-hydrogen) atoms. The number of ether oxygens (including phenoxy) is 4. The van der Waals surface area contributed by atoms with Crippen molar-refractivity contribution < 1.29 is 18.9 Å². The van der Waals surface area contributed by atoms with Crippen LogP contribution in [0.5, 0.6) is 23.0 Å². The molecule has 6 heteroatoms. The molecule has 1 aromatic carbocycles. The standard InChI is InChI=1S/C13H14NO4S/c1-15-9-4-11(16-2)13(12(5-9)17-3)18-7-10-6-14-8-19-10/h4-6H,7H2,1-3H3. The quantitative estimate of drug-likeness (QED) is 0.814. The van der Waals surface area contributed by atoms with Crippen molar-refractivity contribution in [1.82, 2.24) is 4.98 Å². The van der Waals surface area contributed by atoms with Gasteiger partial charge >= 0.3 is 0 Å². The van der Waals surface area contributed by atoms with E-state index in [-0.39, 0.29) is 0 Å². The van der Waals surface area contributed by atoms with Gasteiger partial charge in [-0.2, -0.15) is 0 Å². The predicted molar refractivity (Wildman–Crippen MR) is 71.4 cm³/mol. The van der Waals surface area contributed by atoms with Crippen LogP contribution in [0.4, 0.5) is 0 Å². The second kappa shape index (κ2) is 6.29. The van der Waals surface area contributed by atoms with Gasteiger partial charge in [0.25, 0.3) is 0 Å². The summed E-state index contributed by atoms with van der Waals surface area (Å²) in [6, 6.07) is 3.49. The van der Waals surface area contributed by atoms with Crippen molar-refractivity contribution in [1.29, 1.82) is 0 Å². The van der Waals surface area contributed by atoms with Crippen molar-refractivity contribution >= 4 is 11.3 Å². The Balaban J connectivity index is 2.26. The highest BCUT2D eigenvalue weighted by Crippen LogP contribution is 2.41. The van der Waals surface area contributed by atoms with Crippen LogP contribution in [0.2, 0.25) is 0 Å². The van der Waals surface area contributed by atoms with Crippen LogP contribution in [0.3, 0.4) is 0 Å². The Morgan fingerprint density at radius 2 is 1.79 bits per heavy atom. The first-order chi connectivity index (χ1) is 9.28. The van der Waals surface area contributed by atoms with Crippen molar-refractivity contribution in [3.8, 4) is 23.0 Å². The fourth-order valence-electron chi connectivity index (χ4n) is 1.54. The third-order valence-electron chi connectivity index (χ3n) is 2.47. The summed E-state index contributed by atoms with van der Waals surface area (Å²) in [6.07, 6.45) is 1.72. The van der Waals surface area contributed by atoms with Gasteiger partial charge in [0.05, 0.1) is 26.2 Å². The second-order valence-corrected chi connectivity index (χ2v) is 4.48. The molecule has 0 unspecified atom stereocenters. The Bertz CT molecular complexity index is 502. The molecule has 5 nitrogen and oxygen atoms in total. The first kappa shape index (κ1) is 13.5. The Morgan fingerprint density at radius 3 is 2.26 bits per heavy atom. The van der Waals surface area contributed by atoms with Crippen LogP contribution < -0.4 is 18.9 Å². The monoisotopic (exact) mass is 280 g/mol. The smallest absolute Gasteiger partial charge is 0.204 e. The van der Waals surface area contributed by atoms with Crippen molar-refractivity contribution in [2.24, 2.45) is 0 Å². The van der Waals surface area contributed by atoms with Gasteiger partial charge < -0.3 is 18.9 Å². The molecule has 101 valence electrons. The molecule has 0 saturated carbocycles. The highest BCUT2D eigenvalue weighted by Gasteiger charge is 2.15. The van der Waals surface area contributed by atoms with E-state index in [4.69, 9.17) is 18.9 Å². The lowest BCUT2D eigenvalue weighted by atomic mass is 10.2. The van der Waals surface area contributed by atoms with Gasteiger partial charge in [-0.05, 0) is 0 Å². The zero-order valence-electron chi connectivity index (χ0n) is 10.9. The van der Waals surface area contributed by atoms with Crippen LogP contribution in [0.25, 0.3) is 0 Å². The second-order valence-electron chi connectivity index (χ2n) is 3.57. The predicted octanol–water partition coefficient (Wildman–Crippen LogP) is 2.55. The molecule has 0 spiro atoms. The van der Waals surface area contributed by atoms with E-state index in [9.17, 15) is 0 Å². The van der Waals surface area contributed by atoms with Crippen LogP contribution in [-0.4, -0.2) is 26.3 Å². The lowest BCUT2D eigenvalue weighted by Gasteiger charge is -2.15. The summed E-state index contributed by atoms with van der Waals surface area (Å²) in [4.78, 5) is 4.85. The Morgan fingerprint density at radius 1 is 1.11 bits per heavy atom. The number of nitrogens with zero attached hydrogens (tertiary/aromatic N) is 1. The molecular formula is C13H14NO4S. The summed E-state index contributed by atoms with van der Waals surface area (Å²) < 4.78 is 21.5. The normalized spacial score (nSPS) is 10.1. The van der Waals surface area contributed by atoms with Crippen molar-refractivity contribution in [2.45, 2.75) is 6.61 Å². The van der Waals surface area contributed by atoms with Crippen LogP contribution >= 0.6 is 11.3 Å². The van der Waals surface area contributed by atoms with Gasteiger partial charge in [-0.1, -0.05) is 0 Å². The van der Waals surface area contributed by atoms with Crippen LogP contribution in [0.15, 0.2) is 18.3 Å². The van der Waals surface area contributed by atoms with Gasteiger partial charge in [-0.3, -0.25) is 0 Å². The number of aromatic nitrogens is 1. The fourth-order valence-corrected chi connectivity index (χ4v) is 1.98. The van der Waals surface area contributed by atoms with Gasteiger partial charge in [-0.15, -0.1) is 11.3 Å². The van der Waals surface area contributed by atoms with E-state index in [1.807, 2.05) is 0 Å². The SMILES string of the molecule is COc1cc(OC)c(OCc2cn[c]s2)c(OC)c1. The number of benzene rings is 1. The van der Waals surface area contributed by atoms with E-state index in [0.29, 0.717) is 29.6 Å².